The molecular formula is C18H26N2O4. The Morgan fingerprint density at radius 1 is 1.33 bits per heavy atom. The molecule has 0 radical (unpaired) electrons. The van der Waals surface area contributed by atoms with Crippen LogP contribution in [0.15, 0.2) is 16.9 Å². The number of carbonyl (C=O) groups is 1. The Morgan fingerprint density at radius 3 is 2.79 bits per heavy atom. The number of nitrogens with one attached hydrogen (secondary N) is 2. The maximum atomic E-state index is 12.3. The van der Waals surface area contributed by atoms with E-state index in [1.807, 2.05) is 13.8 Å². The highest BCUT2D eigenvalue weighted by Crippen LogP contribution is 2.37. The lowest BCUT2D eigenvalue weighted by Gasteiger charge is -2.31. The molecule has 1 aromatic heterocycles. The number of hydrogen-bond acceptors (Lipinski definition) is 4. The highest BCUT2D eigenvalue weighted by Gasteiger charge is 2.42. The van der Waals surface area contributed by atoms with Gasteiger partial charge in [0.15, 0.2) is 5.79 Å². The smallest absolute Gasteiger partial charge is 0.251 e. The van der Waals surface area contributed by atoms with Gasteiger partial charge in [-0.05, 0) is 24.8 Å². The Morgan fingerprint density at radius 2 is 2.08 bits per heavy atom. The minimum absolute atomic E-state index is 0.126. The molecule has 0 aromatic carbocycles. The number of carbonyl (C=O) groups excluding carboxylic acids is 1. The molecule has 1 spiro atoms. The number of hydrogen-bond donors (Lipinski definition) is 2. The van der Waals surface area contributed by atoms with E-state index in [0.29, 0.717) is 18.7 Å². The quantitative estimate of drug-likeness (QED) is 0.885. The maximum absolute atomic E-state index is 12.3. The van der Waals surface area contributed by atoms with Gasteiger partial charge in [-0.2, -0.15) is 0 Å². The van der Waals surface area contributed by atoms with Gasteiger partial charge in [-0.15, -0.1) is 0 Å². The van der Waals surface area contributed by atoms with Crippen LogP contribution < -0.4 is 10.9 Å². The largest absolute Gasteiger partial charge is 0.349 e. The predicted molar refractivity (Wildman–Crippen MR) is 90.1 cm³/mol. The first kappa shape index (κ1) is 17.2. The molecular weight excluding hydrogens is 308 g/mol. The molecule has 6 nitrogen and oxygen atoms in total. The predicted octanol–water partition coefficient (Wildman–Crippen LogP) is 2.30. The van der Waals surface area contributed by atoms with Crippen LogP contribution in [0.25, 0.3) is 0 Å². The Labute approximate surface area is 141 Å². The molecule has 1 atom stereocenters. The normalized spacial score (nSPS) is 22.9. The topological polar surface area (TPSA) is 80.4 Å². The molecule has 1 amide bonds. The molecule has 2 aliphatic rings. The fraction of sp³-hybridized carbons (Fsp3) is 0.667. The summed E-state index contributed by atoms with van der Waals surface area (Å²) in [6.07, 6.45) is 5.23. The molecule has 1 unspecified atom stereocenters. The second-order valence-electron chi connectivity index (χ2n) is 7.08. The Kier molecular flexibility index (Phi) is 5.06. The molecule has 0 bridgehead atoms. The molecule has 1 aliphatic carbocycles. The molecule has 1 aliphatic heterocycles. The second-order valence-corrected chi connectivity index (χ2v) is 7.08. The minimum atomic E-state index is -0.428. The van der Waals surface area contributed by atoms with Crippen molar-refractivity contribution in [2.45, 2.75) is 63.8 Å². The van der Waals surface area contributed by atoms with Gasteiger partial charge in [-0.3, -0.25) is 9.59 Å². The lowest BCUT2D eigenvalue weighted by molar-refractivity contribution is -0.186. The van der Waals surface area contributed by atoms with Gasteiger partial charge in [0.05, 0.1) is 6.61 Å². The van der Waals surface area contributed by atoms with E-state index in [2.05, 4.69) is 10.3 Å². The Balaban J connectivity index is 1.57. The van der Waals surface area contributed by atoms with Gasteiger partial charge in [0.2, 0.25) is 5.56 Å². The first-order chi connectivity index (χ1) is 11.5. The van der Waals surface area contributed by atoms with Gasteiger partial charge in [-0.1, -0.05) is 20.3 Å². The van der Waals surface area contributed by atoms with Crippen molar-refractivity contribution in [3.8, 4) is 0 Å². The summed E-state index contributed by atoms with van der Waals surface area (Å²) in [7, 11) is 0. The van der Waals surface area contributed by atoms with Crippen LogP contribution in [-0.2, 0) is 9.47 Å². The molecule has 3 rings (SSSR count). The third-order valence-electron chi connectivity index (χ3n) is 4.77. The van der Waals surface area contributed by atoms with E-state index in [1.165, 1.54) is 12.5 Å². The van der Waals surface area contributed by atoms with Gasteiger partial charge < -0.3 is 19.8 Å². The fourth-order valence-corrected chi connectivity index (χ4v) is 3.39. The summed E-state index contributed by atoms with van der Waals surface area (Å²) < 4.78 is 11.9. The Bertz CT molecular complexity index is 647. The standard InChI is InChI=1S/C18H26N2O4/c1-12(2)15-8-13(9-16(21)20-15)17(22)19-10-14-11-23-18(24-14)6-4-3-5-7-18/h8-9,12,14H,3-7,10-11H2,1-2H3,(H,19,22)(H,20,21). The number of ether oxygens (including phenoxy) is 2. The Hall–Kier alpha value is -1.66. The number of amides is 1. The third kappa shape index (κ3) is 3.87. The number of H-pyrrole nitrogens is 1. The van der Waals surface area contributed by atoms with E-state index in [-0.39, 0.29) is 23.5 Å². The average molecular weight is 334 g/mol. The fourth-order valence-electron chi connectivity index (χ4n) is 3.39. The summed E-state index contributed by atoms with van der Waals surface area (Å²) in [5.41, 5.74) is 0.885. The van der Waals surface area contributed by atoms with E-state index in [9.17, 15) is 9.59 Å². The first-order valence-corrected chi connectivity index (χ1v) is 8.82. The van der Waals surface area contributed by atoms with Crippen molar-refractivity contribution >= 4 is 5.91 Å². The molecule has 1 saturated heterocycles. The van der Waals surface area contributed by atoms with E-state index >= 15 is 0 Å². The highest BCUT2D eigenvalue weighted by molar-refractivity contribution is 5.94. The highest BCUT2D eigenvalue weighted by atomic mass is 16.7. The van der Waals surface area contributed by atoms with Crippen molar-refractivity contribution in [2.24, 2.45) is 0 Å². The lowest BCUT2D eigenvalue weighted by Crippen LogP contribution is -2.37. The van der Waals surface area contributed by atoms with Crippen LogP contribution >= 0.6 is 0 Å². The van der Waals surface area contributed by atoms with Crippen molar-refractivity contribution in [1.29, 1.82) is 0 Å². The zero-order valence-corrected chi connectivity index (χ0v) is 14.4. The summed E-state index contributed by atoms with van der Waals surface area (Å²) in [4.78, 5) is 26.8. The van der Waals surface area contributed by atoms with Gasteiger partial charge >= 0.3 is 0 Å². The van der Waals surface area contributed by atoms with Crippen LogP contribution in [0.5, 0.6) is 0 Å². The number of rotatable bonds is 4. The van der Waals surface area contributed by atoms with Crippen molar-refractivity contribution in [1.82, 2.24) is 10.3 Å². The van der Waals surface area contributed by atoms with Crippen molar-refractivity contribution in [3.63, 3.8) is 0 Å². The zero-order chi connectivity index (χ0) is 17.2. The van der Waals surface area contributed by atoms with Crippen LogP contribution in [0, 0.1) is 0 Å². The van der Waals surface area contributed by atoms with E-state index in [0.717, 1.165) is 31.4 Å². The first-order valence-electron chi connectivity index (χ1n) is 8.82. The van der Waals surface area contributed by atoms with E-state index in [1.54, 1.807) is 6.07 Å². The van der Waals surface area contributed by atoms with Crippen molar-refractivity contribution < 1.29 is 14.3 Å². The summed E-state index contributed by atoms with van der Waals surface area (Å²) in [5, 5.41) is 2.86. The summed E-state index contributed by atoms with van der Waals surface area (Å²) in [6, 6.07) is 3.06. The van der Waals surface area contributed by atoms with Gasteiger partial charge in [0.1, 0.15) is 6.10 Å². The summed E-state index contributed by atoms with van der Waals surface area (Å²) >= 11 is 0. The maximum Gasteiger partial charge on any atom is 0.251 e. The SMILES string of the molecule is CC(C)c1cc(C(=O)NCC2COC3(CCCCC3)O2)cc(=O)[nH]1. The van der Waals surface area contributed by atoms with Crippen LogP contribution in [-0.4, -0.2) is 35.9 Å². The number of aromatic amines is 1. The van der Waals surface area contributed by atoms with Crippen LogP contribution in [0.1, 0.15) is 67.9 Å². The minimum Gasteiger partial charge on any atom is -0.349 e. The molecule has 1 saturated carbocycles. The molecule has 2 N–H and O–H groups in total. The van der Waals surface area contributed by atoms with E-state index < -0.39 is 5.79 Å². The number of aromatic nitrogens is 1. The molecule has 6 heteroatoms. The van der Waals surface area contributed by atoms with E-state index in [4.69, 9.17) is 9.47 Å². The van der Waals surface area contributed by atoms with Gasteiger partial charge in [-0.25, -0.2) is 0 Å². The molecule has 2 fully saturated rings. The van der Waals surface area contributed by atoms with Crippen molar-refractivity contribution in [3.05, 3.63) is 33.7 Å². The van der Waals surface area contributed by atoms with Gasteiger partial charge in [0.25, 0.3) is 5.91 Å². The second kappa shape index (κ2) is 7.07. The summed E-state index contributed by atoms with van der Waals surface area (Å²) in [6.45, 7) is 4.85. The zero-order valence-electron chi connectivity index (χ0n) is 14.4. The lowest BCUT2D eigenvalue weighted by atomic mass is 9.94. The third-order valence-corrected chi connectivity index (χ3v) is 4.77. The van der Waals surface area contributed by atoms with Crippen LogP contribution in [0.3, 0.4) is 0 Å². The molecule has 24 heavy (non-hydrogen) atoms. The van der Waals surface area contributed by atoms with Crippen LogP contribution in [0.4, 0.5) is 0 Å². The monoisotopic (exact) mass is 334 g/mol. The molecule has 2 heterocycles. The van der Waals surface area contributed by atoms with Crippen LogP contribution in [0.2, 0.25) is 0 Å². The molecule has 132 valence electrons. The van der Waals surface area contributed by atoms with Gasteiger partial charge in [0, 0.05) is 36.7 Å². The molecule has 1 aromatic rings. The average Bonchev–Trinajstić information content (AvgIpc) is 2.95. The van der Waals surface area contributed by atoms with Crippen molar-refractivity contribution in [2.75, 3.05) is 13.2 Å². The summed E-state index contributed by atoms with van der Waals surface area (Å²) in [5.74, 6) is -0.526. The number of pyridine rings is 1.